The molecule has 0 amide bonds. The molecule has 0 bridgehead atoms. The van der Waals surface area contributed by atoms with E-state index in [1.165, 1.54) is 23.5 Å². The van der Waals surface area contributed by atoms with Crippen molar-refractivity contribution in [2.24, 2.45) is 5.92 Å². The molecule has 0 unspecified atom stereocenters. The van der Waals surface area contributed by atoms with E-state index in [2.05, 4.69) is 4.98 Å². The van der Waals surface area contributed by atoms with E-state index in [-0.39, 0.29) is 5.92 Å². The summed E-state index contributed by atoms with van der Waals surface area (Å²) in [6.07, 6.45) is -3.80. The zero-order valence-electron chi connectivity index (χ0n) is 13.7. The van der Waals surface area contributed by atoms with Gasteiger partial charge in [0.05, 0.1) is 26.7 Å². The number of nitrogens with zero attached hydrogens (tertiary/aromatic N) is 1. The number of thiazole rings is 1. The summed E-state index contributed by atoms with van der Waals surface area (Å²) in [6, 6.07) is 8.80. The fourth-order valence-electron chi connectivity index (χ4n) is 3.28. The molecule has 2 aromatic carbocycles. The highest BCUT2D eigenvalue weighted by atomic mass is 32.1. The number of hydrogen-bond donors (Lipinski definition) is 1. The smallest absolute Gasteiger partial charge is 0.416 e. The van der Waals surface area contributed by atoms with E-state index in [4.69, 9.17) is 0 Å². The van der Waals surface area contributed by atoms with Crippen molar-refractivity contribution in [2.75, 3.05) is 0 Å². The summed E-state index contributed by atoms with van der Waals surface area (Å²) < 4.78 is 39.2. The van der Waals surface area contributed by atoms with Crippen LogP contribution in [0.15, 0.2) is 36.4 Å². The predicted octanol–water partition coefficient (Wildman–Crippen LogP) is 5.48. The molecule has 26 heavy (non-hydrogen) atoms. The van der Waals surface area contributed by atoms with Gasteiger partial charge in [-0.1, -0.05) is 12.1 Å². The number of rotatable bonds is 3. The van der Waals surface area contributed by atoms with Gasteiger partial charge in [0.25, 0.3) is 0 Å². The van der Waals surface area contributed by atoms with Crippen molar-refractivity contribution in [3.63, 3.8) is 0 Å². The maximum absolute atomic E-state index is 12.8. The van der Waals surface area contributed by atoms with Crippen molar-refractivity contribution >= 4 is 27.5 Å². The Morgan fingerprint density at radius 3 is 2.46 bits per heavy atom. The zero-order valence-corrected chi connectivity index (χ0v) is 14.5. The summed E-state index contributed by atoms with van der Waals surface area (Å²) in [5, 5.41) is 10.1. The minimum absolute atomic E-state index is 0.0918. The van der Waals surface area contributed by atoms with Crippen LogP contribution in [0.4, 0.5) is 13.2 Å². The van der Waals surface area contributed by atoms with E-state index in [9.17, 15) is 23.1 Å². The van der Waals surface area contributed by atoms with E-state index >= 15 is 0 Å². The molecule has 2 atom stereocenters. The van der Waals surface area contributed by atoms with E-state index in [0.717, 1.165) is 38.5 Å². The number of benzene rings is 2. The van der Waals surface area contributed by atoms with Crippen LogP contribution in [0.3, 0.4) is 0 Å². The number of halogens is 3. The number of aromatic nitrogens is 1. The largest absolute Gasteiger partial charge is 0.481 e. The number of aliphatic carboxylic acids is 1. The van der Waals surface area contributed by atoms with Crippen molar-refractivity contribution in [1.82, 2.24) is 4.98 Å². The Bertz CT molecular complexity index is 1010. The summed E-state index contributed by atoms with van der Waals surface area (Å²) in [7, 11) is 0. The molecule has 1 aliphatic carbocycles. The Hall–Kier alpha value is -2.41. The molecule has 1 saturated carbocycles. The van der Waals surface area contributed by atoms with Crippen LogP contribution in [0.2, 0.25) is 0 Å². The van der Waals surface area contributed by atoms with Gasteiger partial charge in [0.15, 0.2) is 0 Å². The first-order chi connectivity index (χ1) is 12.2. The second kappa shape index (κ2) is 5.81. The van der Waals surface area contributed by atoms with Crippen molar-refractivity contribution in [2.45, 2.75) is 25.4 Å². The van der Waals surface area contributed by atoms with Crippen LogP contribution < -0.4 is 0 Å². The third-order valence-electron chi connectivity index (χ3n) is 4.68. The molecule has 0 aliphatic heterocycles. The summed E-state index contributed by atoms with van der Waals surface area (Å²) >= 11 is 1.50. The molecule has 0 radical (unpaired) electrons. The normalized spacial score (nSPS) is 19.7. The Balaban J connectivity index is 1.80. The topological polar surface area (TPSA) is 50.2 Å². The monoisotopic (exact) mass is 377 g/mol. The number of carboxylic acids is 1. The summed E-state index contributed by atoms with van der Waals surface area (Å²) in [5.74, 6) is -1.33. The number of alkyl halides is 3. The average molecular weight is 377 g/mol. The molecule has 1 heterocycles. The first-order valence-corrected chi connectivity index (χ1v) is 8.87. The highest BCUT2D eigenvalue weighted by Crippen LogP contribution is 2.50. The third kappa shape index (κ3) is 2.96. The molecule has 1 aromatic heterocycles. The zero-order chi connectivity index (χ0) is 18.6. The second-order valence-corrected chi connectivity index (χ2v) is 7.74. The van der Waals surface area contributed by atoms with Gasteiger partial charge in [0.2, 0.25) is 0 Å². The highest BCUT2D eigenvalue weighted by Gasteiger charge is 2.45. The van der Waals surface area contributed by atoms with Crippen molar-refractivity contribution in [3.05, 3.63) is 52.5 Å². The van der Waals surface area contributed by atoms with Gasteiger partial charge >= 0.3 is 12.1 Å². The van der Waals surface area contributed by atoms with E-state index in [1.54, 1.807) is 0 Å². The van der Waals surface area contributed by atoms with Crippen LogP contribution >= 0.6 is 11.3 Å². The SMILES string of the molecule is Cc1nc2c([C@@H]3C[C@H]3C(=O)O)cc(-c3ccc(C(F)(F)F)cc3)cc2s1. The first kappa shape index (κ1) is 17.0. The quantitative estimate of drug-likeness (QED) is 0.658. The Morgan fingerprint density at radius 2 is 1.88 bits per heavy atom. The standard InChI is InChI=1S/C19H14F3NO2S/c1-9-23-17-14(13-8-15(13)18(24)25)6-11(7-16(17)26-9)10-2-4-12(5-3-10)19(20,21)22/h2-7,13,15H,8H2,1H3,(H,24,25)/t13-,15+/m0/s1. The summed E-state index contributed by atoms with van der Waals surface area (Å²) in [4.78, 5) is 15.8. The lowest BCUT2D eigenvalue weighted by molar-refractivity contribution is -0.139. The minimum atomic E-state index is -4.37. The van der Waals surface area contributed by atoms with Crippen LogP contribution in [0.5, 0.6) is 0 Å². The van der Waals surface area contributed by atoms with Crippen molar-refractivity contribution < 1.29 is 23.1 Å². The van der Waals surface area contributed by atoms with Crippen molar-refractivity contribution in [1.29, 1.82) is 0 Å². The van der Waals surface area contributed by atoms with Crippen molar-refractivity contribution in [3.8, 4) is 11.1 Å². The Labute approximate surface area is 151 Å². The van der Waals surface area contributed by atoms with Gasteiger partial charge in [0, 0.05) is 5.92 Å². The molecule has 0 saturated heterocycles. The van der Waals surface area contributed by atoms with Gasteiger partial charge in [-0.2, -0.15) is 13.2 Å². The molecule has 134 valence electrons. The maximum atomic E-state index is 12.8. The molecule has 7 heteroatoms. The maximum Gasteiger partial charge on any atom is 0.416 e. The molecule has 0 spiro atoms. The summed E-state index contributed by atoms with van der Waals surface area (Å²) in [5.41, 5.74) is 2.43. The van der Waals surface area contributed by atoms with Gasteiger partial charge in [-0.3, -0.25) is 4.79 Å². The lowest BCUT2D eigenvalue weighted by Crippen LogP contribution is -2.04. The third-order valence-corrected chi connectivity index (χ3v) is 5.60. The fourth-order valence-corrected chi connectivity index (χ4v) is 4.18. The Morgan fingerprint density at radius 1 is 1.19 bits per heavy atom. The highest BCUT2D eigenvalue weighted by molar-refractivity contribution is 7.18. The predicted molar refractivity (Wildman–Crippen MR) is 93.3 cm³/mol. The molecule has 1 fully saturated rings. The summed E-state index contributed by atoms with van der Waals surface area (Å²) in [6.45, 7) is 1.88. The van der Waals surface area contributed by atoms with E-state index < -0.39 is 23.6 Å². The number of carbonyl (C=O) groups is 1. The van der Waals surface area contributed by atoms with Gasteiger partial charge in [-0.15, -0.1) is 11.3 Å². The lowest BCUT2D eigenvalue weighted by Gasteiger charge is -2.09. The molecule has 3 nitrogen and oxygen atoms in total. The number of aryl methyl sites for hydroxylation is 1. The van der Waals surface area contributed by atoms with E-state index in [1.807, 2.05) is 19.1 Å². The lowest BCUT2D eigenvalue weighted by atomic mass is 9.98. The van der Waals surface area contributed by atoms with Crippen LogP contribution in [0.25, 0.3) is 21.3 Å². The average Bonchev–Trinajstić information content (AvgIpc) is 3.28. The Kier molecular flexibility index (Phi) is 3.80. The van der Waals surface area contributed by atoms with Crippen LogP contribution in [0.1, 0.15) is 28.5 Å². The fraction of sp³-hybridized carbons (Fsp3) is 0.263. The van der Waals surface area contributed by atoms with E-state index in [0.29, 0.717) is 12.0 Å². The molecular weight excluding hydrogens is 363 g/mol. The molecular formula is C19H14F3NO2S. The molecule has 1 N–H and O–H groups in total. The number of fused-ring (bicyclic) bond motifs is 1. The van der Waals surface area contributed by atoms with Gasteiger partial charge in [0.1, 0.15) is 0 Å². The molecule has 3 aromatic rings. The molecule has 4 rings (SSSR count). The van der Waals surface area contributed by atoms with Gasteiger partial charge < -0.3 is 5.11 Å². The minimum Gasteiger partial charge on any atom is -0.481 e. The second-order valence-electron chi connectivity index (χ2n) is 6.51. The van der Waals surface area contributed by atoms with Crippen LogP contribution in [0, 0.1) is 12.8 Å². The first-order valence-electron chi connectivity index (χ1n) is 8.05. The number of carboxylic acid groups (broad SMARTS) is 1. The molecule has 1 aliphatic rings. The van der Waals surface area contributed by atoms with Crippen LogP contribution in [-0.2, 0) is 11.0 Å². The van der Waals surface area contributed by atoms with Crippen LogP contribution in [-0.4, -0.2) is 16.1 Å². The van der Waals surface area contributed by atoms with Gasteiger partial charge in [-0.05, 0) is 54.3 Å². The van der Waals surface area contributed by atoms with Gasteiger partial charge in [-0.25, -0.2) is 4.98 Å². The number of hydrogen-bond acceptors (Lipinski definition) is 3.